The molecule has 2 aromatic carbocycles. The topological polar surface area (TPSA) is 202 Å². The first kappa shape index (κ1) is 36.8. The van der Waals surface area contributed by atoms with Crippen LogP contribution < -0.4 is 20.1 Å². The van der Waals surface area contributed by atoms with E-state index in [4.69, 9.17) is 40.6 Å². The number of aliphatic hydroxyl groups is 2. The molecule has 20 heteroatoms. The molecule has 3 unspecified atom stereocenters. The number of halogens is 4. The Morgan fingerprint density at radius 3 is 2.55 bits per heavy atom. The fourth-order valence-electron chi connectivity index (χ4n) is 5.84. The average molecular weight is 757 g/mol. The van der Waals surface area contributed by atoms with Crippen LogP contribution in [0.25, 0.3) is 11.2 Å². The van der Waals surface area contributed by atoms with Crippen molar-refractivity contribution in [1.82, 2.24) is 24.6 Å². The molecule has 0 radical (unpaired) electrons. The van der Waals surface area contributed by atoms with E-state index in [1.165, 1.54) is 67.4 Å². The Morgan fingerprint density at radius 1 is 1.20 bits per heavy atom. The van der Waals surface area contributed by atoms with Gasteiger partial charge in [0, 0.05) is 10.6 Å². The minimum absolute atomic E-state index is 0.0195. The fourth-order valence-corrected chi connectivity index (χ4v) is 7.71. The molecule has 1 aliphatic heterocycles. The first-order valence-electron chi connectivity index (χ1n) is 15.5. The number of carbonyl (C=O) groups is 1. The summed E-state index contributed by atoms with van der Waals surface area (Å²) in [7, 11) is -3.25. The molecule has 0 bridgehead atoms. The number of nitrogen functional groups attached to an aromatic ring is 1. The average Bonchev–Trinajstić information content (AvgIpc) is 3.57. The maximum absolute atomic E-state index is 14.5. The van der Waals surface area contributed by atoms with Crippen LogP contribution in [0.4, 0.5) is 19.1 Å². The smallest absolute Gasteiger partial charge is 0.459 e. The highest BCUT2D eigenvalue weighted by molar-refractivity contribution is 7.52. The molecule has 2 aromatic heterocycles. The summed E-state index contributed by atoms with van der Waals surface area (Å²) in [5.74, 6) is -1.05. The molecule has 6 rings (SSSR count). The van der Waals surface area contributed by atoms with Gasteiger partial charge in [-0.25, -0.2) is 9.55 Å². The second-order valence-corrected chi connectivity index (χ2v) is 14.3. The van der Waals surface area contributed by atoms with Crippen molar-refractivity contribution in [3.63, 3.8) is 0 Å². The number of methoxy groups -OCH3 is 1. The number of anilines is 1. The lowest BCUT2D eigenvalue weighted by molar-refractivity contribution is -0.157. The highest BCUT2D eigenvalue weighted by atomic mass is 35.5. The monoisotopic (exact) mass is 756 g/mol. The fraction of sp³-hybridized carbons (Fsp3) is 0.419. The van der Waals surface area contributed by atoms with Gasteiger partial charge in [0.15, 0.2) is 17.4 Å². The zero-order valence-electron chi connectivity index (χ0n) is 27.0. The van der Waals surface area contributed by atoms with Crippen molar-refractivity contribution in [3.8, 4) is 11.6 Å². The number of fused-ring (bicyclic) bond motifs is 1. The van der Waals surface area contributed by atoms with Gasteiger partial charge in [0.1, 0.15) is 35.7 Å². The zero-order valence-corrected chi connectivity index (χ0v) is 28.7. The van der Waals surface area contributed by atoms with Crippen LogP contribution in [0.2, 0.25) is 5.02 Å². The molecule has 1 saturated heterocycles. The summed E-state index contributed by atoms with van der Waals surface area (Å²) in [6.07, 6.45) is -7.03. The number of hydrogen-bond acceptors (Lipinski definition) is 13. The molecule has 0 amide bonds. The quantitative estimate of drug-likeness (QED) is 0.116. The number of hydrogen-bond donors (Lipinski definition) is 4. The number of nitrogens with two attached hydrogens (primary N) is 1. The van der Waals surface area contributed by atoms with Crippen LogP contribution in [-0.4, -0.2) is 72.8 Å². The highest BCUT2D eigenvalue weighted by Gasteiger charge is 2.56. The van der Waals surface area contributed by atoms with Gasteiger partial charge in [-0.2, -0.15) is 28.2 Å². The van der Waals surface area contributed by atoms with Gasteiger partial charge >= 0.3 is 19.9 Å². The predicted molar refractivity (Wildman–Crippen MR) is 173 cm³/mol. The van der Waals surface area contributed by atoms with Crippen molar-refractivity contribution in [3.05, 3.63) is 71.0 Å². The van der Waals surface area contributed by atoms with Crippen molar-refractivity contribution < 1.29 is 56.0 Å². The largest absolute Gasteiger partial charge is 0.479 e. The number of nitrogens with one attached hydrogen (secondary N) is 1. The molecule has 0 spiro atoms. The van der Waals surface area contributed by atoms with Gasteiger partial charge < -0.3 is 34.7 Å². The van der Waals surface area contributed by atoms with Crippen molar-refractivity contribution in [2.75, 3.05) is 19.5 Å². The van der Waals surface area contributed by atoms with E-state index in [-0.39, 0.29) is 47.1 Å². The molecule has 1 aliphatic carbocycles. The number of imidazole rings is 1. The first-order chi connectivity index (χ1) is 24.0. The number of benzene rings is 2. The SMILES string of the molecule is COc1nc(N)nc2c1ncn2C1OC(COP(=O)(NC2(C(=O)OCc3ccccc3C(F)(F)F)CCC2)Oc2ccc(Cl)cc2)[C@@H](O)[C@@]1(C)O. The molecule has 3 heterocycles. The van der Waals surface area contributed by atoms with E-state index in [1.807, 2.05) is 0 Å². The minimum Gasteiger partial charge on any atom is -0.479 e. The first-order valence-corrected chi connectivity index (χ1v) is 17.4. The summed E-state index contributed by atoms with van der Waals surface area (Å²) in [5.41, 5.74) is 1.27. The molecule has 2 fully saturated rings. The molecule has 5 N–H and O–H groups in total. The van der Waals surface area contributed by atoms with E-state index >= 15 is 0 Å². The lowest BCUT2D eigenvalue weighted by Crippen LogP contribution is -2.57. The van der Waals surface area contributed by atoms with Gasteiger partial charge in [0.2, 0.25) is 11.8 Å². The van der Waals surface area contributed by atoms with Crippen LogP contribution in [0.15, 0.2) is 54.9 Å². The van der Waals surface area contributed by atoms with E-state index in [9.17, 15) is 32.7 Å². The summed E-state index contributed by atoms with van der Waals surface area (Å²) in [6.45, 7) is -0.0533. The van der Waals surface area contributed by atoms with Gasteiger partial charge in [-0.15, -0.1) is 0 Å². The highest BCUT2D eigenvalue weighted by Crippen LogP contribution is 2.52. The van der Waals surface area contributed by atoms with Gasteiger partial charge in [-0.1, -0.05) is 29.8 Å². The molecule has 2 aliphatic rings. The Labute approximate surface area is 293 Å². The summed E-state index contributed by atoms with van der Waals surface area (Å²) < 4.78 is 84.5. The maximum atomic E-state index is 14.5. The molecular formula is C31H33ClF3N6O9P. The lowest BCUT2D eigenvalue weighted by Gasteiger charge is -2.41. The van der Waals surface area contributed by atoms with E-state index in [0.29, 0.717) is 11.4 Å². The second kappa shape index (κ2) is 13.8. The van der Waals surface area contributed by atoms with Crippen molar-refractivity contribution in [2.24, 2.45) is 0 Å². The number of esters is 1. The van der Waals surface area contributed by atoms with Crippen molar-refractivity contribution in [2.45, 2.75) is 68.5 Å². The number of aliphatic hydroxyl groups excluding tert-OH is 1. The van der Waals surface area contributed by atoms with Crippen LogP contribution in [0.1, 0.15) is 43.5 Å². The minimum atomic E-state index is -4.68. The maximum Gasteiger partial charge on any atom is 0.459 e. The standard InChI is InChI=1S/C31H33ClF3N6O9P/c1-29(44)23(42)21(49-26(29)41-16-37-22-24(41)38-28(36)39-25(22)46-2)15-48-51(45,50-19-10-8-18(32)9-11-19)40-30(12-5-13-30)27(43)47-14-17-6-3-4-7-20(17)31(33,34)35/h3-4,6-11,16,21,23,26,42,44H,5,12-15H2,1-2H3,(H,40,45)(H2,36,38,39)/t21?,23-,26?,29-,51?/m1/s1. The third-order valence-electron chi connectivity index (χ3n) is 8.69. The van der Waals surface area contributed by atoms with Crippen LogP contribution in [-0.2, 0) is 36.1 Å². The predicted octanol–water partition coefficient (Wildman–Crippen LogP) is 4.56. The third kappa shape index (κ3) is 7.35. The molecule has 15 nitrogen and oxygen atoms in total. The Hall–Kier alpha value is -4.03. The molecule has 1 saturated carbocycles. The molecular weight excluding hydrogens is 724 g/mol. The van der Waals surface area contributed by atoms with Crippen molar-refractivity contribution >= 4 is 42.4 Å². The van der Waals surface area contributed by atoms with E-state index in [2.05, 4.69) is 20.0 Å². The lowest BCUT2D eigenvalue weighted by atomic mass is 9.78. The summed E-state index contributed by atoms with van der Waals surface area (Å²) in [6, 6.07) is 10.4. The number of carbonyl (C=O) groups excluding carboxylic acids is 1. The zero-order chi connectivity index (χ0) is 36.8. The second-order valence-electron chi connectivity index (χ2n) is 12.2. The van der Waals surface area contributed by atoms with E-state index in [1.54, 1.807) is 0 Å². The summed E-state index contributed by atoms with van der Waals surface area (Å²) in [5, 5.41) is 25.6. The van der Waals surface area contributed by atoms with Gasteiger partial charge in [-0.3, -0.25) is 13.9 Å². The van der Waals surface area contributed by atoms with Crippen LogP contribution in [0, 0.1) is 0 Å². The molecule has 5 atom stereocenters. The number of rotatable bonds is 12. The summed E-state index contributed by atoms with van der Waals surface area (Å²) in [4.78, 5) is 25.8. The summed E-state index contributed by atoms with van der Waals surface area (Å²) >= 11 is 6.00. The van der Waals surface area contributed by atoms with Gasteiger partial charge in [-0.05, 0) is 56.5 Å². The Balaban J connectivity index is 1.23. The van der Waals surface area contributed by atoms with Crippen molar-refractivity contribution in [1.29, 1.82) is 0 Å². The molecule has 274 valence electrons. The number of aromatic nitrogens is 4. The third-order valence-corrected chi connectivity index (χ3v) is 10.6. The van der Waals surface area contributed by atoms with Crippen LogP contribution in [0.3, 0.4) is 0 Å². The van der Waals surface area contributed by atoms with Gasteiger partial charge in [0.25, 0.3) is 0 Å². The number of nitrogens with zero attached hydrogens (tertiary/aromatic N) is 4. The van der Waals surface area contributed by atoms with Gasteiger partial charge in [0.05, 0.1) is 25.6 Å². The Bertz CT molecular complexity index is 1960. The number of ether oxygens (including phenoxy) is 3. The van der Waals surface area contributed by atoms with E-state index in [0.717, 1.165) is 6.07 Å². The van der Waals surface area contributed by atoms with Crippen LogP contribution >= 0.6 is 19.3 Å². The normalized spacial score (nSPS) is 24.1. The van der Waals surface area contributed by atoms with E-state index < -0.39 is 68.2 Å². The molecule has 4 aromatic rings. The molecule has 51 heavy (non-hydrogen) atoms. The Kier molecular flexibility index (Phi) is 9.97. The Morgan fingerprint density at radius 2 is 1.90 bits per heavy atom. The van der Waals surface area contributed by atoms with Crippen LogP contribution in [0.5, 0.6) is 11.6 Å². The number of alkyl halides is 3.